The van der Waals surface area contributed by atoms with Crippen LogP contribution < -0.4 is 4.90 Å². The second-order valence-electron chi connectivity index (χ2n) is 8.87. The van der Waals surface area contributed by atoms with Gasteiger partial charge in [0.25, 0.3) is 0 Å². The highest BCUT2D eigenvalue weighted by Gasteiger charge is 2.34. The number of aryl methyl sites for hydroxylation is 4. The van der Waals surface area contributed by atoms with Gasteiger partial charge in [0.05, 0.1) is 11.0 Å². The number of amides is 1. The summed E-state index contributed by atoms with van der Waals surface area (Å²) in [5.74, 6) is 1.33. The molecule has 0 N–H and O–H groups in total. The van der Waals surface area contributed by atoms with Crippen molar-refractivity contribution in [2.45, 2.75) is 45.6 Å². The van der Waals surface area contributed by atoms with Crippen molar-refractivity contribution >= 4 is 22.6 Å². The lowest BCUT2D eigenvalue weighted by molar-refractivity contribution is -0.117. The first-order valence-electron chi connectivity index (χ1n) is 11.5. The van der Waals surface area contributed by atoms with Crippen molar-refractivity contribution in [3.8, 4) is 0 Å². The van der Waals surface area contributed by atoms with Gasteiger partial charge in [-0.2, -0.15) is 0 Å². The Morgan fingerprint density at radius 3 is 2.53 bits per heavy atom. The molecule has 32 heavy (non-hydrogen) atoms. The molecule has 1 atom stereocenters. The van der Waals surface area contributed by atoms with Gasteiger partial charge in [0.15, 0.2) is 0 Å². The number of fused-ring (bicyclic) bond motifs is 1. The minimum atomic E-state index is 0.105. The zero-order chi connectivity index (χ0) is 22.1. The maximum atomic E-state index is 13.0. The third-order valence-corrected chi connectivity index (χ3v) is 6.67. The Morgan fingerprint density at radius 2 is 1.72 bits per heavy atom. The van der Waals surface area contributed by atoms with Gasteiger partial charge in [-0.3, -0.25) is 4.79 Å². The molecule has 1 aromatic heterocycles. The first-order valence-corrected chi connectivity index (χ1v) is 11.5. The molecule has 0 radical (unpaired) electrons. The van der Waals surface area contributed by atoms with Crippen LogP contribution in [0.1, 0.15) is 41.3 Å². The molecular weight excluding hydrogens is 394 g/mol. The van der Waals surface area contributed by atoms with E-state index in [4.69, 9.17) is 4.98 Å². The normalized spacial score (nSPS) is 16.2. The standard InChI is InChI=1S/C28H29N3O/c1-20-14-15-24(17-21(20)2)31-19-23(18-27(31)32)28-29-25-12-6-7-13-26(25)30(28)16-8-11-22-9-4-3-5-10-22/h3-7,9-10,12-15,17,23H,8,11,16,18-19H2,1-2H3. The Kier molecular flexibility index (Phi) is 5.52. The summed E-state index contributed by atoms with van der Waals surface area (Å²) < 4.78 is 2.35. The number of imidazole rings is 1. The minimum absolute atomic E-state index is 0.105. The lowest BCUT2D eigenvalue weighted by Crippen LogP contribution is -2.24. The van der Waals surface area contributed by atoms with Gasteiger partial charge >= 0.3 is 0 Å². The van der Waals surface area contributed by atoms with Crippen LogP contribution in [-0.4, -0.2) is 22.0 Å². The molecule has 0 bridgehead atoms. The summed E-state index contributed by atoms with van der Waals surface area (Å²) in [6.45, 7) is 5.79. The highest BCUT2D eigenvalue weighted by atomic mass is 16.2. The van der Waals surface area contributed by atoms with E-state index >= 15 is 0 Å². The van der Waals surface area contributed by atoms with E-state index in [0.29, 0.717) is 13.0 Å². The number of para-hydroxylation sites is 2. The molecule has 4 aromatic rings. The molecule has 1 aliphatic heterocycles. The molecule has 3 aromatic carbocycles. The lowest BCUT2D eigenvalue weighted by atomic mass is 10.1. The van der Waals surface area contributed by atoms with Crippen LogP contribution >= 0.6 is 0 Å². The second kappa shape index (κ2) is 8.62. The Morgan fingerprint density at radius 1 is 0.938 bits per heavy atom. The van der Waals surface area contributed by atoms with E-state index in [1.807, 2.05) is 11.0 Å². The van der Waals surface area contributed by atoms with Crippen LogP contribution in [0.2, 0.25) is 0 Å². The van der Waals surface area contributed by atoms with E-state index in [1.54, 1.807) is 0 Å². The summed E-state index contributed by atoms with van der Waals surface area (Å²) in [4.78, 5) is 19.9. The number of anilines is 1. The fourth-order valence-corrected chi connectivity index (χ4v) is 4.75. The molecule has 5 rings (SSSR count). The van der Waals surface area contributed by atoms with Gasteiger partial charge in [-0.15, -0.1) is 0 Å². The Hall–Kier alpha value is -3.40. The molecule has 1 unspecified atom stereocenters. The van der Waals surface area contributed by atoms with Crippen molar-refractivity contribution in [1.29, 1.82) is 0 Å². The van der Waals surface area contributed by atoms with Gasteiger partial charge in [0, 0.05) is 31.1 Å². The lowest BCUT2D eigenvalue weighted by Gasteiger charge is -2.18. The van der Waals surface area contributed by atoms with E-state index in [9.17, 15) is 4.79 Å². The number of benzene rings is 3. The van der Waals surface area contributed by atoms with Crippen LogP contribution in [0.3, 0.4) is 0 Å². The predicted molar refractivity (Wildman–Crippen MR) is 130 cm³/mol. The average molecular weight is 424 g/mol. The van der Waals surface area contributed by atoms with Gasteiger partial charge < -0.3 is 9.47 Å². The molecule has 1 aliphatic rings. The molecule has 4 heteroatoms. The molecule has 0 spiro atoms. The first kappa shape index (κ1) is 20.5. The van der Waals surface area contributed by atoms with E-state index in [1.165, 1.54) is 16.7 Å². The number of rotatable bonds is 6. The molecule has 162 valence electrons. The molecule has 0 saturated carbocycles. The van der Waals surface area contributed by atoms with E-state index in [0.717, 1.165) is 41.9 Å². The maximum Gasteiger partial charge on any atom is 0.227 e. The highest BCUT2D eigenvalue weighted by molar-refractivity contribution is 5.96. The van der Waals surface area contributed by atoms with Crippen LogP contribution in [0.15, 0.2) is 72.8 Å². The van der Waals surface area contributed by atoms with Gasteiger partial charge in [-0.1, -0.05) is 48.5 Å². The van der Waals surface area contributed by atoms with Crippen molar-refractivity contribution in [3.63, 3.8) is 0 Å². The van der Waals surface area contributed by atoms with Crippen LogP contribution in [-0.2, 0) is 17.8 Å². The molecule has 2 heterocycles. The fourth-order valence-electron chi connectivity index (χ4n) is 4.75. The SMILES string of the molecule is Cc1ccc(N2CC(c3nc4ccccc4n3CCCc3ccccc3)CC2=O)cc1C. The van der Waals surface area contributed by atoms with Crippen molar-refractivity contribution in [3.05, 3.63) is 95.3 Å². The molecular formula is C28H29N3O. The number of aromatic nitrogens is 2. The third kappa shape index (κ3) is 3.93. The topological polar surface area (TPSA) is 38.1 Å². The van der Waals surface area contributed by atoms with Gasteiger partial charge in [-0.05, 0) is 67.6 Å². The molecule has 4 nitrogen and oxygen atoms in total. The molecule has 1 fully saturated rings. The largest absolute Gasteiger partial charge is 0.328 e. The number of nitrogens with zero attached hydrogens (tertiary/aromatic N) is 3. The predicted octanol–water partition coefficient (Wildman–Crippen LogP) is 5.81. The van der Waals surface area contributed by atoms with Gasteiger partial charge in [0.2, 0.25) is 5.91 Å². The van der Waals surface area contributed by atoms with Crippen molar-refractivity contribution in [1.82, 2.24) is 9.55 Å². The van der Waals surface area contributed by atoms with Crippen molar-refractivity contribution in [2.75, 3.05) is 11.4 Å². The zero-order valence-electron chi connectivity index (χ0n) is 18.8. The van der Waals surface area contributed by atoms with Crippen LogP contribution in [0.5, 0.6) is 0 Å². The van der Waals surface area contributed by atoms with Crippen molar-refractivity contribution < 1.29 is 4.79 Å². The number of hydrogen-bond donors (Lipinski definition) is 0. The summed E-state index contributed by atoms with van der Waals surface area (Å²) in [6.07, 6.45) is 2.58. The second-order valence-corrected chi connectivity index (χ2v) is 8.87. The monoisotopic (exact) mass is 423 g/mol. The third-order valence-electron chi connectivity index (χ3n) is 6.67. The first-order chi connectivity index (χ1) is 15.6. The summed E-state index contributed by atoms with van der Waals surface area (Å²) in [5, 5.41) is 0. The summed E-state index contributed by atoms with van der Waals surface area (Å²) >= 11 is 0. The summed E-state index contributed by atoms with van der Waals surface area (Å²) in [5.41, 5.74) is 6.98. The average Bonchev–Trinajstić information content (AvgIpc) is 3.37. The Balaban J connectivity index is 1.41. The number of hydrogen-bond acceptors (Lipinski definition) is 2. The van der Waals surface area contributed by atoms with E-state index in [2.05, 4.69) is 85.1 Å². The van der Waals surface area contributed by atoms with Gasteiger partial charge in [-0.25, -0.2) is 4.98 Å². The zero-order valence-corrected chi connectivity index (χ0v) is 18.8. The Bertz CT molecular complexity index is 1260. The van der Waals surface area contributed by atoms with Gasteiger partial charge in [0.1, 0.15) is 5.82 Å². The highest BCUT2D eigenvalue weighted by Crippen LogP contribution is 2.34. The minimum Gasteiger partial charge on any atom is -0.328 e. The van der Waals surface area contributed by atoms with Crippen molar-refractivity contribution in [2.24, 2.45) is 0 Å². The smallest absolute Gasteiger partial charge is 0.227 e. The number of carbonyl (C=O) groups excluding carboxylic acids is 1. The van der Waals surface area contributed by atoms with Crippen LogP contribution in [0.25, 0.3) is 11.0 Å². The summed E-state index contributed by atoms with van der Waals surface area (Å²) in [6, 6.07) is 25.2. The fraction of sp³-hybridized carbons (Fsp3) is 0.286. The quantitative estimate of drug-likeness (QED) is 0.393. The molecule has 1 saturated heterocycles. The number of carbonyl (C=O) groups is 1. The van der Waals surface area contributed by atoms with Crippen LogP contribution in [0, 0.1) is 13.8 Å². The summed E-state index contributed by atoms with van der Waals surface area (Å²) in [7, 11) is 0. The van der Waals surface area contributed by atoms with E-state index in [-0.39, 0.29) is 11.8 Å². The Labute approximate surface area is 189 Å². The van der Waals surface area contributed by atoms with Crippen LogP contribution in [0.4, 0.5) is 5.69 Å². The maximum absolute atomic E-state index is 13.0. The molecule has 1 amide bonds. The molecule has 0 aliphatic carbocycles. The van der Waals surface area contributed by atoms with E-state index < -0.39 is 0 Å².